The molecule has 0 aromatic carbocycles. The first-order valence-electron chi connectivity index (χ1n) is 3.78. The molecule has 0 spiro atoms. The van der Waals surface area contributed by atoms with Crippen LogP contribution in [0.1, 0.15) is 13.8 Å². The van der Waals surface area contributed by atoms with Gasteiger partial charge in [-0.2, -0.15) is 0 Å². The van der Waals surface area contributed by atoms with Crippen molar-refractivity contribution in [1.29, 1.82) is 0 Å². The maximum absolute atomic E-state index is 5.83. The Morgan fingerprint density at radius 2 is 2.08 bits per heavy atom. The van der Waals surface area contributed by atoms with Crippen molar-refractivity contribution in [2.24, 2.45) is 16.8 Å². The van der Waals surface area contributed by atoms with Crippen molar-refractivity contribution in [3.05, 3.63) is 10.9 Å². The second-order valence-electron chi connectivity index (χ2n) is 2.86. The van der Waals surface area contributed by atoms with Crippen LogP contribution in [0.3, 0.4) is 0 Å². The monoisotopic (exact) mass is 189 g/mol. The van der Waals surface area contributed by atoms with Gasteiger partial charge >= 0.3 is 0 Å². The molecular weight excluding hydrogens is 174 g/mol. The van der Waals surface area contributed by atoms with Crippen LogP contribution >= 0.6 is 10.7 Å². The summed E-state index contributed by atoms with van der Waals surface area (Å²) < 4.78 is 5.44. The molecule has 1 heterocycles. The number of nitrogens with two attached hydrogens (primary N) is 2. The van der Waals surface area contributed by atoms with Gasteiger partial charge in [0.1, 0.15) is 5.03 Å². The fraction of sp³-hybridized carbons (Fsp3) is 0.571. The van der Waals surface area contributed by atoms with Gasteiger partial charge in [-0.15, -0.1) is 0 Å². The van der Waals surface area contributed by atoms with Crippen LogP contribution in [-0.2, 0) is 4.74 Å². The molecule has 1 rings (SSSR count). The van der Waals surface area contributed by atoms with Crippen LogP contribution in [0.2, 0.25) is 0 Å². The zero-order valence-electron chi connectivity index (χ0n) is 7.55. The van der Waals surface area contributed by atoms with Crippen molar-refractivity contribution in [2.45, 2.75) is 13.8 Å². The summed E-state index contributed by atoms with van der Waals surface area (Å²) in [5.74, 6) is 0.910. The van der Waals surface area contributed by atoms with E-state index in [1.54, 1.807) is 7.05 Å². The van der Waals surface area contributed by atoms with E-state index >= 15 is 0 Å². The first kappa shape index (κ1) is 9.41. The summed E-state index contributed by atoms with van der Waals surface area (Å²) in [5, 5.41) is 10.2. The maximum atomic E-state index is 5.83. The minimum atomic E-state index is -0.526. The van der Waals surface area contributed by atoms with Crippen LogP contribution in [0.25, 0.3) is 0 Å². The van der Waals surface area contributed by atoms with Crippen molar-refractivity contribution in [1.82, 2.24) is 5.32 Å². The first-order chi connectivity index (χ1) is 5.57. The van der Waals surface area contributed by atoms with E-state index in [4.69, 9.17) is 15.6 Å². The Morgan fingerprint density at radius 3 is 2.33 bits per heavy atom. The number of nitrogens with one attached hydrogen (secondary N) is 1. The predicted octanol–water partition coefficient (Wildman–Crippen LogP) is 0.250. The molecular formula is C7H15N3OS. The van der Waals surface area contributed by atoms with Crippen molar-refractivity contribution < 1.29 is 4.74 Å². The Hall–Kier alpha value is -0.680. The Kier molecular flexibility index (Phi) is 2.64. The van der Waals surface area contributed by atoms with E-state index in [0.29, 0.717) is 16.8 Å². The van der Waals surface area contributed by atoms with E-state index in [0.717, 1.165) is 5.05 Å². The van der Waals surface area contributed by atoms with E-state index < -0.39 is 10.7 Å². The molecule has 0 aromatic rings. The van der Waals surface area contributed by atoms with Crippen LogP contribution in [0.15, 0.2) is 10.9 Å². The lowest BCUT2D eigenvalue weighted by Crippen LogP contribution is -2.15. The van der Waals surface area contributed by atoms with Crippen LogP contribution in [0.4, 0.5) is 0 Å². The third-order valence-electron chi connectivity index (χ3n) is 1.58. The van der Waals surface area contributed by atoms with E-state index in [9.17, 15) is 0 Å². The highest BCUT2D eigenvalue weighted by molar-refractivity contribution is 8.17. The van der Waals surface area contributed by atoms with Crippen molar-refractivity contribution in [3.63, 3.8) is 0 Å². The number of hydrogen-bond donors (Lipinski definition) is 3. The van der Waals surface area contributed by atoms with Gasteiger partial charge in [-0.05, 0) is 10.7 Å². The van der Waals surface area contributed by atoms with Crippen LogP contribution in [0, 0.1) is 5.92 Å². The highest BCUT2D eigenvalue weighted by Gasteiger charge is 2.22. The molecule has 0 aromatic heterocycles. The van der Waals surface area contributed by atoms with E-state index in [2.05, 4.69) is 5.32 Å². The van der Waals surface area contributed by atoms with Gasteiger partial charge in [-0.3, -0.25) is 5.14 Å². The summed E-state index contributed by atoms with van der Waals surface area (Å²) >= 11 is 0. The molecule has 1 aliphatic heterocycles. The molecule has 0 radical (unpaired) electrons. The lowest BCUT2D eigenvalue weighted by molar-refractivity contribution is 0.370. The van der Waals surface area contributed by atoms with Crippen LogP contribution < -0.4 is 16.2 Å². The standard InChI is InChI=1S/C7H15N3OS/c1-4(2)7-11-6(10-3)5(8)12(7)9/h4,10H,8-9H2,1-3H3. The zero-order valence-corrected chi connectivity index (χ0v) is 8.37. The highest BCUT2D eigenvalue weighted by atomic mass is 32.2. The SMILES string of the molecule is CNC1=C(N)S(N)=C(C(C)C)O1. The van der Waals surface area contributed by atoms with E-state index in [1.807, 2.05) is 13.8 Å². The van der Waals surface area contributed by atoms with Gasteiger partial charge < -0.3 is 15.8 Å². The fourth-order valence-electron chi connectivity index (χ4n) is 0.950. The topological polar surface area (TPSA) is 73.3 Å². The van der Waals surface area contributed by atoms with E-state index in [-0.39, 0.29) is 0 Å². The number of rotatable bonds is 2. The molecule has 0 fully saturated rings. The van der Waals surface area contributed by atoms with Gasteiger partial charge in [0.2, 0.25) is 5.88 Å². The summed E-state index contributed by atoms with van der Waals surface area (Å²) in [5.41, 5.74) is 5.72. The summed E-state index contributed by atoms with van der Waals surface area (Å²) in [6.45, 7) is 4.07. The molecule has 0 aliphatic carbocycles. The molecule has 5 N–H and O–H groups in total. The largest absolute Gasteiger partial charge is 0.435 e. The lowest BCUT2D eigenvalue weighted by atomic mass is 10.2. The zero-order chi connectivity index (χ0) is 9.30. The Morgan fingerprint density at radius 1 is 1.50 bits per heavy atom. The molecule has 1 aliphatic rings. The molecule has 70 valence electrons. The third kappa shape index (κ3) is 1.42. The van der Waals surface area contributed by atoms with Crippen LogP contribution in [0.5, 0.6) is 0 Å². The Bertz CT molecular complexity index is 257. The lowest BCUT2D eigenvalue weighted by Gasteiger charge is -2.08. The summed E-state index contributed by atoms with van der Waals surface area (Å²) in [7, 11) is 1.24. The second kappa shape index (κ2) is 3.37. The first-order valence-corrected chi connectivity index (χ1v) is 5.07. The van der Waals surface area contributed by atoms with Gasteiger partial charge in [0, 0.05) is 13.0 Å². The quantitative estimate of drug-likeness (QED) is 0.544. The van der Waals surface area contributed by atoms with Gasteiger partial charge in [0.25, 0.3) is 0 Å². The summed E-state index contributed by atoms with van der Waals surface area (Å²) in [4.78, 5) is 0. The van der Waals surface area contributed by atoms with Crippen molar-refractivity contribution >= 4 is 15.7 Å². The Labute approximate surface area is 75.0 Å². The minimum absolute atomic E-state index is 0.308. The molecule has 4 nitrogen and oxygen atoms in total. The normalized spacial score (nSPS) is 23.4. The predicted molar refractivity (Wildman–Crippen MR) is 53.0 cm³/mol. The molecule has 5 heteroatoms. The van der Waals surface area contributed by atoms with Crippen molar-refractivity contribution in [2.75, 3.05) is 7.05 Å². The molecule has 0 amide bonds. The molecule has 1 unspecified atom stereocenters. The number of hydrogen-bond acceptors (Lipinski definition) is 4. The summed E-state index contributed by atoms with van der Waals surface area (Å²) in [6, 6.07) is 0. The van der Waals surface area contributed by atoms with Gasteiger partial charge in [0.05, 0.1) is 0 Å². The maximum Gasteiger partial charge on any atom is 0.224 e. The third-order valence-corrected chi connectivity index (χ3v) is 3.23. The highest BCUT2D eigenvalue weighted by Crippen LogP contribution is 2.28. The molecule has 0 saturated carbocycles. The number of ether oxygens (including phenoxy) is 1. The van der Waals surface area contributed by atoms with Crippen molar-refractivity contribution in [3.8, 4) is 0 Å². The average Bonchev–Trinajstić information content (AvgIpc) is 2.30. The molecule has 0 saturated heterocycles. The second-order valence-corrected chi connectivity index (χ2v) is 4.37. The molecule has 1 atom stereocenters. The van der Waals surface area contributed by atoms with Gasteiger partial charge in [-0.1, -0.05) is 13.8 Å². The molecule has 0 bridgehead atoms. The van der Waals surface area contributed by atoms with E-state index in [1.165, 1.54) is 0 Å². The average molecular weight is 189 g/mol. The fourth-order valence-corrected chi connectivity index (χ4v) is 2.19. The van der Waals surface area contributed by atoms with Gasteiger partial charge in [0.15, 0.2) is 5.05 Å². The van der Waals surface area contributed by atoms with Gasteiger partial charge in [-0.25, -0.2) is 0 Å². The Balaban J connectivity index is 2.90. The summed E-state index contributed by atoms with van der Waals surface area (Å²) in [6.07, 6.45) is 0. The van der Waals surface area contributed by atoms with Crippen LogP contribution in [-0.4, -0.2) is 12.1 Å². The molecule has 12 heavy (non-hydrogen) atoms. The minimum Gasteiger partial charge on any atom is -0.435 e. The smallest absolute Gasteiger partial charge is 0.224 e.